The fourth-order valence-corrected chi connectivity index (χ4v) is 1.98. The maximum atomic E-state index is 12.6. The van der Waals surface area contributed by atoms with Crippen molar-refractivity contribution in [3.8, 4) is 0 Å². The van der Waals surface area contributed by atoms with Gasteiger partial charge in [-0.2, -0.15) is 13.2 Å². The Balaban J connectivity index is 2.42. The molecule has 0 amide bonds. The van der Waals surface area contributed by atoms with Gasteiger partial charge in [-0.15, -0.1) is 0 Å². The lowest BCUT2D eigenvalue weighted by Gasteiger charge is -2.07. The molecule has 0 bridgehead atoms. The Hall–Kier alpha value is -2.30. The average Bonchev–Trinajstić information content (AvgIpc) is 2.37. The Morgan fingerprint density at radius 1 is 0.895 bits per heavy atom. The third-order valence-corrected chi connectivity index (χ3v) is 2.91. The van der Waals surface area contributed by atoms with Crippen molar-refractivity contribution >= 4 is 21.9 Å². The number of rotatable bonds is 0. The van der Waals surface area contributed by atoms with Crippen LogP contribution in [0, 0.1) is 0 Å². The summed E-state index contributed by atoms with van der Waals surface area (Å²) in [7, 11) is 0. The summed E-state index contributed by atoms with van der Waals surface area (Å²) in [6, 6.07) is 9.35. The second-order valence-corrected chi connectivity index (χ2v) is 4.14. The molecular weight excluding hydrogens is 257 g/mol. The molecule has 0 unspecified atom stereocenters. The summed E-state index contributed by atoms with van der Waals surface area (Å²) in [6.07, 6.45) is -4.46. The van der Waals surface area contributed by atoms with E-state index in [0.29, 0.717) is 5.39 Å². The van der Waals surface area contributed by atoms with Gasteiger partial charge in [0, 0.05) is 0 Å². The summed E-state index contributed by atoms with van der Waals surface area (Å²) in [4.78, 5) is 12.1. The summed E-state index contributed by atoms with van der Waals surface area (Å²) in [6.45, 7) is 0. The van der Waals surface area contributed by atoms with Crippen LogP contribution in [0.15, 0.2) is 51.7 Å². The Morgan fingerprint density at radius 2 is 1.58 bits per heavy atom. The summed E-state index contributed by atoms with van der Waals surface area (Å²) in [5.74, 6) is 0. The van der Waals surface area contributed by atoms with E-state index in [4.69, 9.17) is 4.42 Å². The average molecular weight is 264 g/mol. The van der Waals surface area contributed by atoms with Crippen LogP contribution in [0.2, 0.25) is 0 Å². The molecule has 0 radical (unpaired) electrons. The molecule has 0 saturated carbocycles. The second kappa shape index (κ2) is 3.85. The van der Waals surface area contributed by atoms with E-state index in [9.17, 15) is 18.0 Å². The topological polar surface area (TPSA) is 30.2 Å². The predicted octanol–water partition coefficient (Wildman–Crippen LogP) is 3.97. The van der Waals surface area contributed by atoms with Crippen molar-refractivity contribution in [2.45, 2.75) is 6.18 Å². The van der Waals surface area contributed by atoms with Gasteiger partial charge in [-0.3, -0.25) is 4.79 Å². The van der Waals surface area contributed by atoms with E-state index in [2.05, 4.69) is 0 Å². The first-order chi connectivity index (χ1) is 8.97. The quantitative estimate of drug-likeness (QED) is 0.575. The number of para-hydroxylation sites is 1. The largest absolute Gasteiger partial charge is 0.456 e. The fraction of sp³-hybridized carbons (Fsp3) is 0.0714. The number of hydrogen-bond acceptors (Lipinski definition) is 2. The number of halogens is 3. The monoisotopic (exact) mass is 264 g/mol. The Bertz CT molecular complexity index is 831. The molecule has 0 aliphatic rings. The third-order valence-electron chi connectivity index (χ3n) is 2.91. The molecule has 3 aromatic rings. The van der Waals surface area contributed by atoms with Gasteiger partial charge in [0.15, 0.2) is 0 Å². The molecule has 0 aliphatic heterocycles. The molecule has 0 fully saturated rings. The van der Waals surface area contributed by atoms with Gasteiger partial charge in [-0.1, -0.05) is 12.1 Å². The van der Waals surface area contributed by atoms with E-state index in [-0.39, 0.29) is 22.0 Å². The lowest BCUT2D eigenvalue weighted by molar-refractivity contribution is -0.137. The van der Waals surface area contributed by atoms with E-state index in [1.807, 2.05) is 0 Å². The van der Waals surface area contributed by atoms with Gasteiger partial charge < -0.3 is 4.42 Å². The van der Waals surface area contributed by atoms with Gasteiger partial charge in [-0.25, -0.2) is 0 Å². The van der Waals surface area contributed by atoms with Crippen molar-refractivity contribution in [2.75, 3.05) is 0 Å². The summed E-state index contributed by atoms with van der Waals surface area (Å²) >= 11 is 0. The second-order valence-electron chi connectivity index (χ2n) is 4.14. The molecule has 5 heteroatoms. The standard InChI is InChI=1S/C14H7F3O2/c15-14(16,17)8-5-6-10-12(7-8)19-11-4-2-1-3-9(11)13(10)18/h1-7H. The molecule has 2 aromatic carbocycles. The fourth-order valence-electron chi connectivity index (χ4n) is 1.98. The first-order valence-corrected chi connectivity index (χ1v) is 5.49. The molecule has 1 heterocycles. The molecule has 0 N–H and O–H groups in total. The van der Waals surface area contributed by atoms with Crippen LogP contribution in [0.3, 0.4) is 0 Å². The van der Waals surface area contributed by atoms with Crippen LogP contribution in [0.25, 0.3) is 21.9 Å². The van der Waals surface area contributed by atoms with Crippen LogP contribution in [0.4, 0.5) is 13.2 Å². The number of alkyl halides is 3. The molecule has 1 aromatic heterocycles. The highest BCUT2D eigenvalue weighted by Gasteiger charge is 2.31. The van der Waals surface area contributed by atoms with Crippen LogP contribution in [-0.4, -0.2) is 0 Å². The first kappa shape index (κ1) is 11.8. The molecule has 96 valence electrons. The zero-order chi connectivity index (χ0) is 13.6. The van der Waals surface area contributed by atoms with Gasteiger partial charge in [0.05, 0.1) is 16.3 Å². The van der Waals surface area contributed by atoms with Crippen molar-refractivity contribution in [3.63, 3.8) is 0 Å². The summed E-state index contributed by atoms with van der Waals surface area (Å²) < 4.78 is 43.2. The highest BCUT2D eigenvalue weighted by molar-refractivity contribution is 5.89. The first-order valence-electron chi connectivity index (χ1n) is 5.49. The van der Waals surface area contributed by atoms with Crippen molar-refractivity contribution in [3.05, 3.63) is 58.3 Å². The molecule has 0 aliphatic carbocycles. The van der Waals surface area contributed by atoms with Gasteiger partial charge in [-0.05, 0) is 30.3 Å². The van der Waals surface area contributed by atoms with E-state index >= 15 is 0 Å². The maximum absolute atomic E-state index is 12.6. The lowest BCUT2D eigenvalue weighted by Crippen LogP contribution is -2.07. The molecule has 0 saturated heterocycles. The predicted molar refractivity (Wildman–Crippen MR) is 65.0 cm³/mol. The SMILES string of the molecule is O=c1c2ccccc2oc2cc(C(F)(F)F)ccc12. The van der Waals surface area contributed by atoms with Crippen molar-refractivity contribution in [1.82, 2.24) is 0 Å². The van der Waals surface area contributed by atoms with Gasteiger partial charge in [0.25, 0.3) is 0 Å². The zero-order valence-corrected chi connectivity index (χ0v) is 9.49. The van der Waals surface area contributed by atoms with E-state index in [1.165, 1.54) is 0 Å². The van der Waals surface area contributed by atoms with Gasteiger partial charge >= 0.3 is 6.18 Å². The minimum atomic E-state index is -4.46. The normalized spacial score (nSPS) is 12.2. The van der Waals surface area contributed by atoms with Crippen molar-refractivity contribution < 1.29 is 17.6 Å². The number of fused-ring (bicyclic) bond motifs is 2. The van der Waals surface area contributed by atoms with Crippen LogP contribution < -0.4 is 5.43 Å². The smallest absolute Gasteiger partial charge is 0.416 e. The maximum Gasteiger partial charge on any atom is 0.416 e. The Morgan fingerprint density at radius 3 is 2.32 bits per heavy atom. The molecule has 0 atom stereocenters. The molecule has 19 heavy (non-hydrogen) atoms. The van der Waals surface area contributed by atoms with E-state index in [0.717, 1.165) is 18.2 Å². The molecular formula is C14H7F3O2. The van der Waals surface area contributed by atoms with Gasteiger partial charge in [0.1, 0.15) is 11.2 Å². The molecule has 2 nitrogen and oxygen atoms in total. The summed E-state index contributed by atoms with van der Waals surface area (Å²) in [5.41, 5.74) is -0.943. The summed E-state index contributed by atoms with van der Waals surface area (Å²) in [5, 5.41) is 0.501. The zero-order valence-electron chi connectivity index (χ0n) is 9.49. The Labute approximate surface area is 105 Å². The molecule has 3 rings (SSSR count). The highest BCUT2D eigenvalue weighted by atomic mass is 19.4. The minimum Gasteiger partial charge on any atom is -0.456 e. The third kappa shape index (κ3) is 1.87. The number of hydrogen-bond donors (Lipinski definition) is 0. The minimum absolute atomic E-state index is 0.0569. The highest BCUT2D eigenvalue weighted by Crippen LogP contribution is 2.31. The van der Waals surface area contributed by atoms with E-state index < -0.39 is 11.7 Å². The lowest BCUT2D eigenvalue weighted by atomic mass is 10.1. The Kier molecular flexibility index (Phi) is 2.38. The van der Waals surface area contributed by atoms with Crippen LogP contribution in [0.1, 0.15) is 5.56 Å². The van der Waals surface area contributed by atoms with Gasteiger partial charge in [0.2, 0.25) is 5.43 Å². The van der Waals surface area contributed by atoms with E-state index in [1.54, 1.807) is 24.3 Å². The van der Waals surface area contributed by atoms with Crippen LogP contribution >= 0.6 is 0 Å². The van der Waals surface area contributed by atoms with Crippen molar-refractivity contribution in [2.24, 2.45) is 0 Å². The van der Waals surface area contributed by atoms with Crippen LogP contribution in [0.5, 0.6) is 0 Å². The van der Waals surface area contributed by atoms with Crippen LogP contribution in [-0.2, 0) is 6.18 Å². The number of benzene rings is 2. The van der Waals surface area contributed by atoms with Crippen molar-refractivity contribution in [1.29, 1.82) is 0 Å². The molecule has 0 spiro atoms.